The van der Waals surface area contributed by atoms with Crippen molar-refractivity contribution in [3.63, 3.8) is 0 Å². The Morgan fingerprint density at radius 2 is 1.95 bits per heavy atom. The smallest absolute Gasteiger partial charge is 0.229 e. The summed E-state index contributed by atoms with van der Waals surface area (Å²) in [6, 6.07) is 0. The number of nitrogens with one attached hydrogen (secondary N) is 1. The molecule has 0 unspecified atom stereocenters. The molecule has 1 aliphatic rings. The zero-order chi connectivity index (χ0) is 13.7. The number of aliphatic hydroxyl groups excluding tert-OH is 2. The van der Waals surface area contributed by atoms with Gasteiger partial charge in [-0.1, -0.05) is 24.4 Å². The Hall–Kier alpha value is -0.980. The van der Waals surface area contributed by atoms with Gasteiger partial charge in [0.15, 0.2) is 5.82 Å². The molecule has 1 aromatic rings. The molecule has 0 radical (unpaired) electrons. The molecule has 1 aliphatic carbocycles. The molecule has 1 fully saturated rings. The van der Waals surface area contributed by atoms with E-state index in [1.165, 1.54) is 19.3 Å². The lowest BCUT2D eigenvalue weighted by atomic mass is 9.89. The summed E-state index contributed by atoms with van der Waals surface area (Å²) in [6.07, 6.45) is 6.01. The molecule has 19 heavy (non-hydrogen) atoms. The summed E-state index contributed by atoms with van der Waals surface area (Å²) in [5.41, 5.74) is -0.717. The quantitative estimate of drug-likeness (QED) is 0.712. The standard InChI is InChI=1S/C13H23N3O3/c1-13(8-17,9-18)14-7-11-15-12(19-16-11)10-5-3-2-4-6-10/h10,14,17-18H,2-9H2,1H3. The van der Waals surface area contributed by atoms with Gasteiger partial charge >= 0.3 is 0 Å². The topological polar surface area (TPSA) is 91.4 Å². The summed E-state index contributed by atoms with van der Waals surface area (Å²) in [5, 5.41) is 25.4. The van der Waals surface area contributed by atoms with E-state index in [1.54, 1.807) is 6.92 Å². The highest BCUT2D eigenvalue weighted by atomic mass is 16.5. The average Bonchev–Trinajstić information content (AvgIpc) is 2.95. The van der Waals surface area contributed by atoms with Crippen molar-refractivity contribution >= 4 is 0 Å². The van der Waals surface area contributed by atoms with Gasteiger partial charge < -0.3 is 20.1 Å². The van der Waals surface area contributed by atoms with Gasteiger partial charge in [-0.05, 0) is 19.8 Å². The molecule has 0 amide bonds. The Kier molecular flexibility index (Phi) is 4.90. The minimum atomic E-state index is -0.717. The van der Waals surface area contributed by atoms with Gasteiger partial charge in [0.25, 0.3) is 0 Å². The summed E-state index contributed by atoms with van der Waals surface area (Å²) in [4.78, 5) is 4.40. The number of rotatable bonds is 6. The van der Waals surface area contributed by atoms with E-state index in [0.29, 0.717) is 18.3 Å². The fraction of sp³-hybridized carbons (Fsp3) is 0.846. The van der Waals surface area contributed by atoms with Crippen molar-refractivity contribution < 1.29 is 14.7 Å². The van der Waals surface area contributed by atoms with Crippen LogP contribution in [0.25, 0.3) is 0 Å². The monoisotopic (exact) mass is 269 g/mol. The second-order valence-corrected chi connectivity index (χ2v) is 5.61. The molecule has 0 aromatic carbocycles. The van der Waals surface area contributed by atoms with Gasteiger partial charge in [0.1, 0.15) is 0 Å². The van der Waals surface area contributed by atoms with Crippen LogP contribution in [0.3, 0.4) is 0 Å². The molecule has 0 spiro atoms. The first kappa shape index (κ1) is 14.4. The van der Waals surface area contributed by atoms with Crippen LogP contribution in [0.4, 0.5) is 0 Å². The lowest BCUT2D eigenvalue weighted by molar-refractivity contribution is 0.102. The fourth-order valence-electron chi connectivity index (χ4n) is 2.31. The molecule has 1 saturated carbocycles. The first-order valence-corrected chi connectivity index (χ1v) is 6.96. The minimum Gasteiger partial charge on any atom is -0.394 e. The van der Waals surface area contributed by atoms with Crippen molar-refractivity contribution in [1.82, 2.24) is 15.5 Å². The Labute approximate surface area is 113 Å². The maximum atomic E-state index is 9.19. The molecule has 2 rings (SSSR count). The van der Waals surface area contributed by atoms with Crippen LogP contribution in [-0.2, 0) is 6.54 Å². The summed E-state index contributed by atoms with van der Waals surface area (Å²) < 4.78 is 5.31. The van der Waals surface area contributed by atoms with Crippen molar-refractivity contribution in [3.05, 3.63) is 11.7 Å². The predicted molar refractivity (Wildman–Crippen MR) is 69.5 cm³/mol. The van der Waals surface area contributed by atoms with Gasteiger partial charge in [-0.3, -0.25) is 0 Å². The summed E-state index contributed by atoms with van der Waals surface area (Å²) in [5.74, 6) is 1.71. The van der Waals surface area contributed by atoms with E-state index in [0.717, 1.165) is 18.7 Å². The third kappa shape index (κ3) is 3.75. The van der Waals surface area contributed by atoms with E-state index >= 15 is 0 Å². The maximum Gasteiger partial charge on any atom is 0.229 e. The van der Waals surface area contributed by atoms with Gasteiger partial charge in [-0.2, -0.15) is 4.98 Å². The molecule has 3 N–H and O–H groups in total. The van der Waals surface area contributed by atoms with Crippen molar-refractivity contribution in [3.8, 4) is 0 Å². The molecule has 0 aliphatic heterocycles. The van der Waals surface area contributed by atoms with Gasteiger partial charge in [0.2, 0.25) is 5.89 Å². The van der Waals surface area contributed by atoms with E-state index in [2.05, 4.69) is 15.5 Å². The van der Waals surface area contributed by atoms with Gasteiger partial charge in [0, 0.05) is 5.92 Å². The maximum absolute atomic E-state index is 9.19. The Balaban J connectivity index is 1.90. The van der Waals surface area contributed by atoms with Crippen molar-refractivity contribution in [2.75, 3.05) is 13.2 Å². The molecule has 6 heteroatoms. The first-order valence-electron chi connectivity index (χ1n) is 6.96. The highest BCUT2D eigenvalue weighted by molar-refractivity contribution is 4.96. The Morgan fingerprint density at radius 1 is 1.26 bits per heavy atom. The number of hydrogen-bond donors (Lipinski definition) is 3. The Morgan fingerprint density at radius 3 is 2.58 bits per heavy atom. The van der Waals surface area contributed by atoms with Crippen molar-refractivity contribution in [1.29, 1.82) is 0 Å². The highest BCUT2D eigenvalue weighted by Crippen LogP contribution is 2.31. The molecule has 108 valence electrons. The zero-order valence-electron chi connectivity index (χ0n) is 11.4. The van der Waals surface area contributed by atoms with Crippen LogP contribution < -0.4 is 5.32 Å². The van der Waals surface area contributed by atoms with E-state index in [1.807, 2.05) is 0 Å². The third-order valence-electron chi connectivity index (χ3n) is 3.81. The lowest BCUT2D eigenvalue weighted by Gasteiger charge is -2.25. The van der Waals surface area contributed by atoms with Crippen LogP contribution >= 0.6 is 0 Å². The summed E-state index contributed by atoms with van der Waals surface area (Å²) >= 11 is 0. The largest absolute Gasteiger partial charge is 0.394 e. The molecular formula is C13H23N3O3. The average molecular weight is 269 g/mol. The fourth-order valence-corrected chi connectivity index (χ4v) is 2.31. The number of aliphatic hydroxyl groups is 2. The second-order valence-electron chi connectivity index (χ2n) is 5.61. The molecular weight excluding hydrogens is 246 g/mol. The van der Waals surface area contributed by atoms with E-state index in [9.17, 15) is 10.2 Å². The summed E-state index contributed by atoms with van der Waals surface area (Å²) in [6.45, 7) is 1.84. The van der Waals surface area contributed by atoms with Crippen molar-refractivity contribution in [2.45, 2.75) is 57.0 Å². The highest BCUT2D eigenvalue weighted by Gasteiger charge is 2.24. The van der Waals surface area contributed by atoms with Crippen LogP contribution in [0, 0.1) is 0 Å². The Bertz CT molecular complexity index is 384. The molecule has 0 saturated heterocycles. The van der Waals surface area contributed by atoms with Crippen LogP contribution in [0.2, 0.25) is 0 Å². The SMILES string of the molecule is CC(CO)(CO)NCc1noc(C2CCCCC2)n1. The van der Waals surface area contributed by atoms with Gasteiger partial charge in [0.05, 0.1) is 25.3 Å². The molecule has 0 bridgehead atoms. The second kappa shape index (κ2) is 6.45. The molecule has 1 aromatic heterocycles. The predicted octanol–water partition coefficient (Wildman–Crippen LogP) is 0.950. The van der Waals surface area contributed by atoms with E-state index < -0.39 is 5.54 Å². The van der Waals surface area contributed by atoms with Crippen LogP contribution in [0.15, 0.2) is 4.52 Å². The van der Waals surface area contributed by atoms with Gasteiger partial charge in [-0.15, -0.1) is 0 Å². The summed E-state index contributed by atoms with van der Waals surface area (Å²) in [7, 11) is 0. The van der Waals surface area contributed by atoms with Crippen LogP contribution in [-0.4, -0.2) is 39.1 Å². The first-order chi connectivity index (χ1) is 9.17. The number of hydrogen-bond acceptors (Lipinski definition) is 6. The third-order valence-corrected chi connectivity index (χ3v) is 3.81. The normalized spacial score (nSPS) is 17.8. The number of aromatic nitrogens is 2. The number of nitrogens with zero attached hydrogens (tertiary/aromatic N) is 2. The molecule has 0 atom stereocenters. The molecule has 6 nitrogen and oxygen atoms in total. The van der Waals surface area contributed by atoms with Crippen molar-refractivity contribution in [2.24, 2.45) is 0 Å². The van der Waals surface area contributed by atoms with Crippen LogP contribution in [0.5, 0.6) is 0 Å². The molecule has 1 heterocycles. The van der Waals surface area contributed by atoms with Crippen LogP contribution in [0.1, 0.15) is 56.7 Å². The lowest BCUT2D eigenvalue weighted by Crippen LogP contribution is -2.48. The van der Waals surface area contributed by atoms with Gasteiger partial charge in [-0.25, -0.2) is 0 Å². The van der Waals surface area contributed by atoms with E-state index in [-0.39, 0.29) is 13.2 Å². The zero-order valence-corrected chi connectivity index (χ0v) is 11.4. The minimum absolute atomic E-state index is 0.142. The van der Waals surface area contributed by atoms with E-state index in [4.69, 9.17) is 4.52 Å².